The van der Waals surface area contributed by atoms with Gasteiger partial charge in [-0.3, -0.25) is 0 Å². The molecule has 0 saturated carbocycles. The van der Waals surface area contributed by atoms with E-state index in [-0.39, 0.29) is 30.7 Å². The third-order valence-corrected chi connectivity index (χ3v) is 3.29. The molecule has 0 radical (unpaired) electrons. The molecule has 0 unspecified atom stereocenters. The van der Waals surface area contributed by atoms with E-state index in [4.69, 9.17) is 26.0 Å². The Balaban J connectivity index is 1.87. The number of hydrogen-bond acceptors (Lipinski definition) is 7. The number of halogens is 1. The first-order chi connectivity index (χ1) is 11.9. The lowest BCUT2D eigenvalue weighted by Gasteiger charge is -2.12. The standard InChI is InChI=1S/C16H19FN4O4/c1-2-12-13(14(18)21-16(19)20-12)25-7-3-6-24-9-4-5-11(17)10(8-9)15(22)23/h4-5,8H,2-3,6-7H2,1H3,(H,22,23)(H4,18,19,20,21). The predicted molar refractivity (Wildman–Crippen MR) is 89.2 cm³/mol. The minimum absolute atomic E-state index is 0.0931. The summed E-state index contributed by atoms with van der Waals surface area (Å²) in [7, 11) is 0. The van der Waals surface area contributed by atoms with Gasteiger partial charge >= 0.3 is 5.97 Å². The number of aromatic nitrogens is 2. The van der Waals surface area contributed by atoms with Crippen molar-refractivity contribution < 1.29 is 23.8 Å². The minimum Gasteiger partial charge on any atom is -0.493 e. The molecule has 0 atom stereocenters. The van der Waals surface area contributed by atoms with Crippen LogP contribution < -0.4 is 20.9 Å². The Morgan fingerprint density at radius 2 is 1.96 bits per heavy atom. The molecular formula is C16H19FN4O4. The largest absolute Gasteiger partial charge is 0.493 e. The van der Waals surface area contributed by atoms with Gasteiger partial charge in [-0.25, -0.2) is 14.2 Å². The smallest absolute Gasteiger partial charge is 0.338 e. The maximum Gasteiger partial charge on any atom is 0.338 e. The number of aryl methyl sites for hydroxylation is 1. The van der Waals surface area contributed by atoms with Crippen LogP contribution in [0, 0.1) is 5.82 Å². The summed E-state index contributed by atoms with van der Waals surface area (Å²) in [5.41, 5.74) is 11.5. The summed E-state index contributed by atoms with van der Waals surface area (Å²) in [6, 6.07) is 3.55. The molecule has 0 aliphatic rings. The average molecular weight is 350 g/mol. The van der Waals surface area contributed by atoms with E-state index >= 15 is 0 Å². The van der Waals surface area contributed by atoms with Gasteiger partial charge in [-0.1, -0.05) is 6.92 Å². The molecule has 8 nitrogen and oxygen atoms in total. The SMILES string of the molecule is CCc1nc(N)nc(N)c1OCCCOc1ccc(F)c(C(=O)O)c1. The van der Waals surface area contributed by atoms with Crippen LogP contribution in [0.15, 0.2) is 18.2 Å². The summed E-state index contributed by atoms with van der Waals surface area (Å²) in [5, 5.41) is 8.87. The van der Waals surface area contributed by atoms with Gasteiger partial charge in [0.05, 0.1) is 24.5 Å². The monoisotopic (exact) mass is 350 g/mol. The van der Waals surface area contributed by atoms with Gasteiger partial charge in [0, 0.05) is 6.42 Å². The number of carboxylic acids is 1. The molecule has 0 amide bonds. The summed E-state index contributed by atoms with van der Waals surface area (Å²) < 4.78 is 24.3. The maximum atomic E-state index is 13.3. The number of benzene rings is 1. The van der Waals surface area contributed by atoms with Crippen LogP contribution in [0.4, 0.5) is 16.2 Å². The van der Waals surface area contributed by atoms with Gasteiger partial charge in [0.2, 0.25) is 5.95 Å². The van der Waals surface area contributed by atoms with E-state index in [1.807, 2.05) is 6.92 Å². The number of nitrogens with two attached hydrogens (primary N) is 2. The Morgan fingerprint density at radius 1 is 1.24 bits per heavy atom. The Labute approximate surface area is 143 Å². The van der Waals surface area contributed by atoms with Crippen LogP contribution in [0.25, 0.3) is 0 Å². The lowest BCUT2D eigenvalue weighted by molar-refractivity contribution is 0.0691. The van der Waals surface area contributed by atoms with Crippen molar-refractivity contribution in [3.05, 3.63) is 35.3 Å². The van der Waals surface area contributed by atoms with Crippen molar-refractivity contribution in [2.24, 2.45) is 0 Å². The molecule has 0 bridgehead atoms. The Kier molecular flexibility index (Phi) is 5.93. The molecule has 1 aromatic heterocycles. The molecule has 2 rings (SSSR count). The number of anilines is 2. The summed E-state index contributed by atoms with van der Waals surface area (Å²) >= 11 is 0. The van der Waals surface area contributed by atoms with Crippen molar-refractivity contribution in [1.29, 1.82) is 0 Å². The maximum absolute atomic E-state index is 13.3. The summed E-state index contributed by atoms with van der Waals surface area (Å²) in [4.78, 5) is 18.8. The summed E-state index contributed by atoms with van der Waals surface area (Å²) in [5.74, 6) is -1.23. The number of hydrogen-bond donors (Lipinski definition) is 3. The van der Waals surface area contributed by atoms with Gasteiger partial charge in [-0.2, -0.15) is 4.98 Å². The Morgan fingerprint density at radius 3 is 2.64 bits per heavy atom. The van der Waals surface area contributed by atoms with Crippen molar-refractivity contribution in [3.8, 4) is 11.5 Å². The van der Waals surface area contributed by atoms with Crippen LogP contribution >= 0.6 is 0 Å². The van der Waals surface area contributed by atoms with Gasteiger partial charge in [-0.05, 0) is 24.6 Å². The van der Waals surface area contributed by atoms with Gasteiger partial charge in [-0.15, -0.1) is 0 Å². The van der Waals surface area contributed by atoms with Gasteiger partial charge in [0.25, 0.3) is 0 Å². The van der Waals surface area contributed by atoms with E-state index in [2.05, 4.69) is 9.97 Å². The topological polar surface area (TPSA) is 134 Å². The number of nitrogen functional groups attached to an aromatic ring is 2. The second kappa shape index (κ2) is 8.13. The highest BCUT2D eigenvalue weighted by molar-refractivity contribution is 5.88. The number of nitrogens with zero attached hydrogens (tertiary/aromatic N) is 2. The number of rotatable bonds is 8. The Bertz CT molecular complexity index is 770. The summed E-state index contributed by atoms with van der Waals surface area (Å²) in [6.07, 6.45) is 1.09. The van der Waals surface area contributed by atoms with Crippen molar-refractivity contribution in [1.82, 2.24) is 9.97 Å². The molecule has 9 heteroatoms. The van der Waals surface area contributed by atoms with E-state index in [1.54, 1.807) is 0 Å². The van der Waals surface area contributed by atoms with E-state index in [9.17, 15) is 9.18 Å². The first-order valence-electron chi connectivity index (χ1n) is 7.62. The molecule has 0 aliphatic heterocycles. The van der Waals surface area contributed by atoms with Crippen LogP contribution in [-0.4, -0.2) is 34.3 Å². The molecule has 25 heavy (non-hydrogen) atoms. The average Bonchev–Trinajstić information content (AvgIpc) is 2.56. The second-order valence-electron chi connectivity index (χ2n) is 5.09. The van der Waals surface area contributed by atoms with Gasteiger partial charge in [0.15, 0.2) is 11.6 Å². The Hall–Kier alpha value is -3.10. The molecule has 1 heterocycles. The lowest BCUT2D eigenvalue weighted by Crippen LogP contribution is -2.11. The van der Waals surface area contributed by atoms with Crippen molar-refractivity contribution >= 4 is 17.7 Å². The summed E-state index contributed by atoms with van der Waals surface area (Å²) in [6.45, 7) is 2.44. The molecule has 0 aliphatic carbocycles. The predicted octanol–water partition coefficient (Wildman–Crippen LogP) is 1.89. The first kappa shape index (κ1) is 18.2. The molecule has 0 fully saturated rings. The highest BCUT2D eigenvalue weighted by Gasteiger charge is 2.12. The van der Waals surface area contributed by atoms with Crippen LogP contribution in [0.5, 0.6) is 11.5 Å². The normalized spacial score (nSPS) is 10.5. The fraction of sp³-hybridized carbons (Fsp3) is 0.312. The number of carbonyl (C=O) groups is 1. The van der Waals surface area contributed by atoms with Gasteiger partial charge in [0.1, 0.15) is 11.6 Å². The fourth-order valence-electron chi connectivity index (χ4n) is 2.11. The number of carboxylic acid groups (broad SMARTS) is 1. The van der Waals surface area contributed by atoms with Crippen LogP contribution in [0.3, 0.4) is 0 Å². The van der Waals surface area contributed by atoms with Crippen molar-refractivity contribution in [3.63, 3.8) is 0 Å². The molecule has 0 saturated heterocycles. The zero-order chi connectivity index (χ0) is 18.4. The first-order valence-corrected chi connectivity index (χ1v) is 7.62. The van der Waals surface area contributed by atoms with E-state index in [0.29, 0.717) is 24.3 Å². The van der Waals surface area contributed by atoms with Crippen molar-refractivity contribution in [2.75, 3.05) is 24.7 Å². The van der Waals surface area contributed by atoms with Crippen LogP contribution in [0.2, 0.25) is 0 Å². The molecule has 2 aromatic rings. The van der Waals surface area contributed by atoms with E-state index in [1.165, 1.54) is 6.07 Å². The highest BCUT2D eigenvalue weighted by Crippen LogP contribution is 2.24. The molecule has 0 spiro atoms. The van der Waals surface area contributed by atoms with Crippen molar-refractivity contribution in [2.45, 2.75) is 19.8 Å². The second-order valence-corrected chi connectivity index (χ2v) is 5.09. The quantitative estimate of drug-likeness (QED) is 0.615. The third-order valence-electron chi connectivity index (χ3n) is 3.29. The molecular weight excluding hydrogens is 331 g/mol. The molecule has 5 N–H and O–H groups in total. The molecule has 134 valence electrons. The fourth-order valence-corrected chi connectivity index (χ4v) is 2.11. The highest BCUT2D eigenvalue weighted by atomic mass is 19.1. The zero-order valence-electron chi connectivity index (χ0n) is 13.7. The zero-order valence-corrected chi connectivity index (χ0v) is 13.7. The third kappa shape index (κ3) is 4.69. The van der Waals surface area contributed by atoms with Crippen LogP contribution in [-0.2, 0) is 6.42 Å². The number of aromatic carboxylic acids is 1. The minimum atomic E-state index is -1.35. The van der Waals surface area contributed by atoms with Gasteiger partial charge < -0.3 is 26.0 Å². The van der Waals surface area contributed by atoms with E-state index < -0.39 is 17.3 Å². The number of ether oxygens (including phenoxy) is 2. The van der Waals surface area contributed by atoms with Crippen LogP contribution in [0.1, 0.15) is 29.4 Å². The van der Waals surface area contributed by atoms with E-state index in [0.717, 1.165) is 12.1 Å². The molecule has 1 aromatic carbocycles. The lowest BCUT2D eigenvalue weighted by atomic mass is 10.2.